The molecule has 1 aromatic carbocycles. The van der Waals surface area contributed by atoms with Gasteiger partial charge >= 0.3 is 0 Å². The highest BCUT2D eigenvalue weighted by molar-refractivity contribution is 14.1. The van der Waals surface area contributed by atoms with Gasteiger partial charge in [-0.25, -0.2) is 0 Å². The van der Waals surface area contributed by atoms with E-state index >= 15 is 0 Å². The Labute approximate surface area is 121 Å². The maximum Gasteiger partial charge on any atom is 0.253 e. The molecule has 0 bridgehead atoms. The molecule has 1 atom stereocenters. The van der Waals surface area contributed by atoms with Gasteiger partial charge in [0.2, 0.25) is 0 Å². The fourth-order valence-corrected chi connectivity index (χ4v) is 2.99. The van der Waals surface area contributed by atoms with E-state index in [9.17, 15) is 4.79 Å². The van der Waals surface area contributed by atoms with E-state index in [1.807, 2.05) is 19.1 Å². The van der Waals surface area contributed by atoms with E-state index in [-0.39, 0.29) is 11.9 Å². The van der Waals surface area contributed by atoms with E-state index in [1.165, 1.54) is 0 Å². The van der Waals surface area contributed by atoms with Gasteiger partial charge in [-0.2, -0.15) is 0 Å². The fourth-order valence-electron chi connectivity index (χ4n) is 1.43. The van der Waals surface area contributed by atoms with Crippen molar-refractivity contribution in [3.63, 3.8) is 0 Å². The van der Waals surface area contributed by atoms with Crippen LogP contribution in [0.1, 0.15) is 29.8 Å². The van der Waals surface area contributed by atoms with Crippen molar-refractivity contribution in [3.8, 4) is 0 Å². The molecule has 0 aromatic heterocycles. The first-order valence-electron chi connectivity index (χ1n) is 5.58. The van der Waals surface area contributed by atoms with E-state index in [0.29, 0.717) is 16.5 Å². The van der Waals surface area contributed by atoms with Crippen LogP contribution < -0.4 is 5.32 Å². The minimum Gasteiger partial charge on any atom is -0.348 e. The summed E-state index contributed by atoms with van der Waals surface area (Å²) in [5, 5.41) is 3.52. The number of halogens is 2. The third-order valence-electron chi connectivity index (χ3n) is 2.66. The number of nitrogens with one attached hydrogen (secondary N) is 1. The van der Waals surface area contributed by atoms with Gasteiger partial charge in [-0.3, -0.25) is 4.79 Å². The Morgan fingerprint density at radius 2 is 2.12 bits per heavy atom. The van der Waals surface area contributed by atoms with Gasteiger partial charge in [0.25, 0.3) is 5.91 Å². The predicted octanol–water partition coefficient (Wildman–Crippen LogP) is 3.84. The van der Waals surface area contributed by atoms with Gasteiger partial charge in [-0.15, -0.1) is 0 Å². The third kappa shape index (κ3) is 4.14. The van der Waals surface area contributed by atoms with Crippen molar-refractivity contribution in [2.45, 2.75) is 26.8 Å². The quantitative estimate of drug-likeness (QED) is 0.637. The summed E-state index contributed by atoms with van der Waals surface area (Å²) in [6, 6.07) is 5.66. The largest absolute Gasteiger partial charge is 0.348 e. The van der Waals surface area contributed by atoms with Crippen LogP contribution >= 0.6 is 34.2 Å². The molecule has 1 amide bonds. The van der Waals surface area contributed by atoms with Crippen LogP contribution in [0, 0.1) is 12.8 Å². The lowest BCUT2D eigenvalue weighted by molar-refractivity contribution is 0.0932. The standard InChI is InChI=1S/C13H17ClINO/c1-8(2)12(7-15)16-13(17)10-5-4-9(3)6-11(10)14/h4-6,8,12H,7H2,1-3H3,(H,16,17). The molecule has 94 valence electrons. The van der Waals surface area contributed by atoms with Crippen molar-refractivity contribution in [1.82, 2.24) is 5.32 Å². The van der Waals surface area contributed by atoms with Crippen LogP contribution in [0.4, 0.5) is 0 Å². The summed E-state index contributed by atoms with van der Waals surface area (Å²) in [7, 11) is 0. The molecule has 0 aliphatic rings. The van der Waals surface area contributed by atoms with E-state index in [2.05, 4.69) is 41.8 Å². The van der Waals surface area contributed by atoms with Crippen molar-refractivity contribution in [2.75, 3.05) is 4.43 Å². The third-order valence-corrected chi connectivity index (χ3v) is 3.92. The van der Waals surface area contributed by atoms with Crippen LogP contribution in [0.25, 0.3) is 0 Å². The number of hydrogen-bond acceptors (Lipinski definition) is 1. The van der Waals surface area contributed by atoms with E-state index in [4.69, 9.17) is 11.6 Å². The molecule has 0 heterocycles. The monoisotopic (exact) mass is 365 g/mol. The molecular weight excluding hydrogens is 349 g/mol. The Kier molecular flexibility index (Phi) is 5.73. The molecule has 1 aromatic rings. The number of hydrogen-bond donors (Lipinski definition) is 1. The normalized spacial score (nSPS) is 12.6. The van der Waals surface area contributed by atoms with Crippen LogP contribution in [-0.2, 0) is 0 Å². The first-order chi connectivity index (χ1) is 7.95. The molecule has 0 radical (unpaired) electrons. The van der Waals surface area contributed by atoms with Crippen LogP contribution in [0.5, 0.6) is 0 Å². The summed E-state index contributed by atoms with van der Waals surface area (Å²) in [4.78, 5) is 12.1. The molecule has 4 heteroatoms. The molecule has 1 rings (SSSR count). The summed E-state index contributed by atoms with van der Waals surface area (Å²) in [5.41, 5.74) is 1.61. The number of benzene rings is 1. The van der Waals surface area contributed by atoms with Gasteiger partial charge in [0.15, 0.2) is 0 Å². The van der Waals surface area contributed by atoms with Gasteiger partial charge < -0.3 is 5.32 Å². The van der Waals surface area contributed by atoms with Crippen LogP contribution in [-0.4, -0.2) is 16.4 Å². The van der Waals surface area contributed by atoms with Crippen molar-refractivity contribution in [2.24, 2.45) is 5.92 Å². The van der Waals surface area contributed by atoms with Crippen molar-refractivity contribution in [1.29, 1.82) is 0 Å². The molecule has 17 heavy (non-hydrogen) atoms. The first-order valence-corrected chi connectivity index (χ1v) is 7.49. The second-order valence-electron chi connectivity index (χ2n) is 4.46. The smallest absolute Gasteiger partial charge is 0.253 e. The molecular formula is C13H17ClINO. The van der Waals surface area contributed by atoms with Gasteiger partial charge in [-0.1, -0.05) is 54.1 Å². The zero-order valence-corrected chi connectivity index (χ0v) is 13.2. The minimum atomic E-state index is -0.0923. The topological polar surface area (TPSA) is 29.1 Å². The van der Waals surface area contributed by atoms with E-state index < -0.39 is 0 Å². The fraction of sp³-hybridized carbons (Fsp3) is 0.462. The summed E-state index contributed by atoms with van der Waals surface area (Å²) in [5.74, 6) is 0.324. The van der Waals surface area contributed by atoms with Crippen molar-refractivity contribution >= 4 is 40.1 Å². The molecule has 0 aliphatic heterocycles. The highest BCUT2D eigenvalue weighted by Gasteiger charge is 2.17. The number of aryl methyl sites for hydroxylation is 1. The van der Waals surface area contributed by atoms with Crippen LogP contribution in [0.15, 0.2) is 18.2 Å². The molecule has 2 nitrogen and oxygen atoms in total. The lowest BCUT2D eigenvalue weighted by atomic mass is 10.1. The minimum absolute atomic E-state index is 0.0923. The lowest BCUT2D eigenvalue weighted by Gasteiger charge is -2.20. The number of carbonyl (C=O) groups is 1. The highest BCUT2D eigenvalue weighted by atomic mass is 127. The second kappa shape index (κ2) is 6.59. The SMILES string of the molecule is Cc1ccc(C(=O)NC(CI)C(C)C)c(Cl)c1. The number of amides is 1. The zero-order valence-electron chi connectivity index (χ0n) is 10.3. The van der Waals surface area contributed by atoms with Crippen molar-refractivity contribution in [3.05, 3.63) is 34.3 Å². The molecule has 0 aliphatic carbocycles. The number of carbonyl (C=O) groups excluding carboxylic acids is 1. The van der Waals surface area contributed by atoms with Crippen molar-refractivity contribution < 1.29 is 4.79 Å². The summed E-state index contributed by atoms with van der Waals surface area (Å²) < 4.78 is 0.893. The molecule has 0 saturated carbocycles. The molecule has 0 fully saturated rings. The Balaban J connectivity index is 2.82. The van der Waals surface area contributed by atoms with Gasteiger partial charge in [-0.05, 0) is 30.5 Å². The summed E-state index contributed by atoms with van der Waals surface area (Å²) in [6.45, 7) is 6.15. The Hall–Kier alpha value is -0.290. The first kappa shape index (κ1) is 14.8. The van der Waals surface area contributed by atoms with Gasteiger partial charge in [0.05, 0.1) is 10.6 Å². The molecule has 1 unspecified atom stereocenters. The maximum absolute atomic E-state index is 12.1. The molecule has 0 saturated heterocycles. The predicted molar refractivity (Wildman–Crippen MR) is 81.2 cm³/mol. The van der Waals surface area contributed by atoms with E-state index in [1.54, 1.807) is 6.07 Å². The van der Waals surface area contributed by atoms with Crippen LogP contribution in [0.3, 0.4) is 0 Å². The second-order valence-corrected chi connectivity index (χ2v) is 5.75. The number of rotatable bonds is 4. The zero-order chi connectivity index (χ0) is 13.0. The average molecular weight is 366 g/mol. The van der Waals surface area contributed by atoms with E-state index in [0.717, 1.165) is 9.99 Å². The Bertz CT molecular complexity index is 406. The molecule has 0 spiro atoms. The Morgan fingerprint density at radius 1 is 1.47 bits per heavy atom. The highest BCUT2D eigenvalue weighted by Crippen LogP contribution is 2.18. The van der Waals surface area contributed by atoms with Gasteiger partial charge in [0.1, 0.15) is 0 Å². The maximum atomic E-state index is 12.1. The van der Waals surface area contributed by atoms with Gasteiger partial charge in [0, 0.05) is 10.5 Å². The Morgan fingerprint density at radius 3 is 2.59 bits per heavy atom. The van der Waals surface area contributed by atoms with Crippen LogP contribution in [0.2, 0.25) is 5.02 Å². The average Bonchev–Trinajstić information content (AvgIpc) is 2.24. The number of alkyl halides is 1. The summed E-state index contributed by atoms with van der Waals surface area (Å²) in [6.07, 6.45) is 0. The summed E-state index contributed by atoms with van der Waals surface area (Å²) >= 11 is 8.35. The molecule has 1 N–H and O–H groups in total. The lowest BCUT2D eigenvalue weighted by Crippen LogP contribution is -2.39.